The van der Waals surface area contributed by atoms with Crippen molar-refractivity contribution >= 4 is 17.4 Å². The van der Waals surface area contributed by atoms with E-state index in [-0.39, 0.29) is 23.5 Å². The fourth-order valence-corrected chi connectivity index (χ4v) is 1.64. The first-order valence-electron chi connectivity index (χ1n) is 5.64. The topological polar surface area (TPSA) is 86.5 Å². The molecule has 6 nitrogen and oxygen atoms in total. The molecule has 0 N–H and O–H groups in total. The molecule has 0 spiro atoms. The minimum atomic E-state index is -0.962. The molecule has 102 valence electrons. The van der Waals surface area contributed by atoms with Crippen molar-refractivity contribution < 1.29 is 19.2 Å². The van der Waals surface area contributed by atoms with Gasteiger partial charge in [-0.3, -0.25) is 19.7 Å². The Hall–Kier alpha value is -2.24. The van der Waals surface area contributed by atoms with Crippen LogP contribution in [0, 0.1) is 15.5 Å². The zero-order chi connectivity index (χ0) is 14.6. The highest BCUT2D eigenvalue weighted by Gasteiger charge is 2.32. The maximum Gasteiger partial charge on any atom is 0.311 e. The summed E-state index contributed by atoms with van der Waals surface area (Å²) >= 11 is 0. The number of nitrogens with zero attached hydrogens (tertiary/aromatic N) is 1. The number of non-ortho nitro benzene ring substituents is 1. The summed E-state index contributed by atoms with van der Waals surface area (Å²) in [6, 6.07) is 5.44. The number of esters is 1. The van der Waals surface area contributed by atoms with Crippen LogP contribution in [-0.2, 0) is 9.53 Å². The Morgan fingerprint density at radius 1 is 1.37 bits per heavy atom. The Bertz CT molecular complexity index is 522. The van der Waals surface area contributed by atoms with E-state index in [9.17, 15) is 19.7 Å². The van der Waals surface area contributed by atoms with Gasteiger partial charge in [-0.15, -0.1) is 0 Å². The zero-order valence-corrected chi connectivity index (χ0v) is 11.0. The Morgan fingerprint density at radius 2 is 2.00 bits per heavy atom. The lowest BCUT2D eigenvalue weighted by Gasteiger charge is -2.20. The number of methoxy groups -OCH3 is 1. The van der Waals surface area contributed by atoms with E-state index in [2.05, 4.69) is 4.74 Å². The Balaban J connectivity index is 2.93. The summed E-state index contributed by atoms with van der Waals surface area (Å²) < 4.78 is 4.61. The van der Waals surface area contributed by atoms with Gasteiger partial charge in [0, 0.05) is 24.1 Å². The molecule has 6 heteroatoms. The molecule has 0 aliphatic carbocycles. The van der Waals surface area contributed by atoms with E-state index in [1.54, 1.807) is 13.8 Å². The predicted molar refractivity (Wildman–Crippen MR) is 67.8 cm³/mol. The standard InChI is InChI=1S/C13H15NO5/c1-13(2,12(16)19-3)8-11(15)9-5-4-6-10(7-9)14(17)18/h4-7H,8H2,1-3H3. The normalized spacial score (nSPS) is 10.9. The molecular formula is C13H15NO5. The number of rotatable bonds is 5. The van der Waals surface area contributed by atoms with Gasteiger partial charge in [0.25, 0.3) is 5.69 Å². The van der Waals surface area contributed by atoms with Gasteiger partial charge in [0.1, 0.15) is 0 Å². The number of ketones is 1. The minimum absolute atomic E-state index is 0.0686. The van der Waals surface area contributed by atoms with Crippen molar-refractivity contribution in [1.29, 1.82) is 0 Å². The molecular weight excluding hydrogens is 250 g/mol. The SMILES string of the molecule is COC(=O)C(C)(C)CC(=O)c1cccc([N+](=O)[O-])c1. The van der Waals surface area contributed by atoms with Crippen molar-refractivity contribution in [2.24, 2.45) is 5.41 Å². The highest BCUT2D eigenvalue weighted by atomic mass is 16.6. The van der Waals surface area contributed by atoms with E-state index < -0.39 is 16.3 Å². The highest BCUT2D eigenvalue weighted by Crippen LogP contribution is 2.25. The van der Waals surface area contributed by atoms with Crippen molar-refractivity contribution in [3.05, 3.63) is 39.9 Å². The lowest BCUT2D eigenvalue weighted by atomic mass is 9.85. The molecule has 0 radical (unpaired) electrons. The van der Waals surface area contributed by atoms with Crippen LogP contribution in [0.5, 0.6) is 0 Å². The van der Waals surface area contributed by atoms with Gasteiger partial charge in [-0.2, -0.15) is 0 Å². The number of Topliss-reactive ketones (excluding diaryl/α,β-unsaturated/α-hetero) is 1. The molecule has 0 saturated heterocycles. The van der Waals surface area contributed by atoms with Gasteiger partial charge >= 0.3 is 5.97 Å². The second kappa shape index (κ2) is 5.60. The van der Waals surface area contributed by atoms with Crippen LogP contribution < -0.4 is 0 Å². The molecule has 0 atom stereocenters. The summed E-state index contributed by atoms with van der Waals surface area (Å²) in [6.07, 6.45) is -0.0686. The lowest BCUT2D eigenvalue weighted by molar-refractivity contribution is -0.384. The zero-order valence-electron chi connectivity index (χ0n) is 11.0. The highest BCUT2D eigenvalue weighted by molar-refractivity contribution is 5.99. The number of hydrogen-bond donors (Lipinski definition) is 0. The Kier molecular flexibility index (Phi) is 4.37. The molecule has 0 amide bonds. The number of nitro groups is 1. The third kappa shape index (κ3) is 3.61. The average Bonchev–Trinajstić information content (AvgIpc) is 2.37. The molecule has 1 aromatic carbocycles. The van der Waals surface area contributed by atoms with Crippen LogP contribution in [0.4, 0.5) is 5.69 Å². The van der Waals surface area contributed by atoms with E-state index in [0.29, 0.717) is 0 Å². The van der Waals surface area contributed by atoms with Gasteiger partial charge in [0.05, 0.1) is 17.4 Å². The van der Waals surface area contributed by atoms with Gasteiger partial charge in [-0.1, -0.05) is 12.1 Å². The summed E-state index contributed by atoms with van der Waals surface area (Å²) in [6.45, 7) is 3.18. The maximum atomic E-state index is 12.0. The smallest absolute Gasteiger partial charge is 0.311 e. The maximum absolute atomic E-state index is 12.0. The first-order chi connectivity index (χ1) is 8.77. The van der Waals surface area contributed by atoms with Crippen molar-refractivity contribution in [2.45, 2.75) is 20.3 Å². The molecule has 0 saturated carbocycles. The van der Waals surface area contributed by atoms with Gasteiger partial charge < -0.3 is 4.74 Å². The summed E-state index contributed by atoms with van der Waals surface area (Å²) in [4.78, 5) is 33.6. The van der Waals surface area contributed by atoms with Crippen molar-refractivity contribution in [2.75, 3.05) is 7.11 Å². The molecule has 0 aliphatic rings. The van der Waals surface area contributed by atoms with Crippen LogP contribution in [0.3, 0.4) is 0 Å². The Labute approximate surface area is 110 Å². The summed E-state index contributed by atoms with van der Waals surface area (Å²) in [5, 5.41) is 10.6. The van der Waals surface area contributed by atoms with Crippen LogP contribution in [0.15, 0.2) is 24.3 Å². The fraction of sp³-hybridized carbons (Fsp3) is 0.385. The van der Waals surface area contributed by atoms with Crippen LogP contribution in [0.1, 0.15) is 30.6 Å². The first kappa shape index (κ1) is 14.8. The largest absolute Gasteiger partial charge is 0.469 e. The summed E-state index contributed by atoms with van der Waals surface area (Å²) in [7, 11) is 1.25. The monoisotopic (exact) mass is 265 g/mol. The molecule has 1 rings (SSSR count). The number of carbonyl (C=O) groups excluding carboxylic acids is 2. The molecule has 0 aromatic heterocycles. The van der Waals surface area contributed by atoms with Crippen LogP contribution in [0.25, 0.3) is 0 Å². The van der Waals surface area contributed by atoms with E-state index in [1.165, 1.54) is 31.4 Å². The van der Waals surface area contributed by atoms with Gasteiger partial charge in [0.15, 0.2) is 5.78 Å². The summed E-state index contributed by atoms with van der Waals surface area (Å²) in [5.74, 6) is -0.828. The van der Waals surface area contributed by atoms with Crippen molar-refractivity contribution in [1.82, 2.24) is 0 Å². The molecule has 0 aliphatic heterocycles. The van der Waals surface area contributed by atoms with E-state index in [4.69, 9.17) is 0 Å². The van der Waals surface area contributed by atoms with E-state index in [0.717, 1.165) is 0 Å². The third-order valence-electron chi connectivity index (χ3n) is 2.72. The number of ether oxygens (including phenoxy) is 1. The van der Waals surface area contributed by atoms with Crippen LogP contribution in [0.2, 0.25) is 0 Å². The molecule has 0 fully saturated rings. The second-order valence-corrected chi connectivity index (χ2v) is 4.78. The second-order valence-electron chi connectivity index (χ2n) is 4.78. The minimum Gasteiger partial charge on any atom is -0.469 e. The van der Waals surface area contributed by atoms with Crippen LogP contribution >= 0.6 is 0 Å². The molecule has 19 heavy (non-hydrogen) atoms. The number of nitro benzene ring substituents is 1. The van der Waals surface area contributed by atoms with Crippen molar-refractivity contribution in [3.63, 3.8) is 0 Å². The van der Waals surface area contributed by atoms with Gasteiger partial charge in [-0.05, 0) is 13.8 Å². The van der Waals surface area contributed by atoms with Crippen LogP contribution in [-0.4, -0.2) is 23.8 Å². The first-order valence-corrected chi connectivity index (χ1v) is 5.64. The average molecular weight is 265 g/mol. The quantitative estimate of drug-likeness (QED) is 0.353. The Morgan fingerprint density at radius 3 is 2.53 bits per heavy atom. The van der Waals surface area contributed by atoms with Gasteiger partial charge in [0.2, 0.25) is 0 Å². The van der Waals surface area contributed by atoms with Crippen molar-refractivity contribution in [3.8, 4) is 0 Å². The summed E-state index contributed by atoms with van der Waals surface area (Å²) in [5.41, 5.74) is -0.899. The predicted octanol–water partition coefficient (Wildman–Crippen LogP) is 2.37. The van der Waals surface area contributed by atoms with E-state index >= 15 is 0 Å². The molecule has 0 unspecified atom stereocenters. The number of hydrogen-bond acceptors (Lipinski definition) is 5. The molecule has 0 bridgehead atoms. The third-order valence-corrected chi connectivity index (χ3v) is 2.72. The van der Waals surface area contributed by atoms with Gasteiger partial charge in [-0.25, -0.2) is 0 Å². The number of benzene rings is 1. The fourth-order valence-electron chi connectivity index (χ4n) is 1.64. The van der Waals surface area contributed by atoms with E-state index in [1.807, 2.05) is 0 Å². The molecule has 1 aromatic rings. The lowest BCUT2D eigenvalue weighted by Crippen LogP contribution is -2.28. The molecule has 0 heterocycles. The number of carbonyl (C=O) groups is 2.